The minimum absolute atomic E-state index is 0.0600. The number of likely N-dealkylation sites (tertiary alicyclic amines) is 1. The van der Waals surface area contributed by atoms with E-state index < -0.39 is 11.9 Å². The van der Waals surface area contributed by atoms with Crippen molar-refractivity contribution >= 4 is 11.9 Å². The van der Waals surface area contributed by atoms with Crippen LogP contribution in [-0.2, 0) is 4.79 Å². The third-order valence-electron chi connectivity index (χ3n) is 3.96. The first-order valence-electron chi connectivity index (χ1n) is 7.00. The number of carbonyl (C=O) groups excluding carboxylic acids is 1. The van der Waals surface area contributed by atoms with E-state index in [1.165, 1.54) is 0 Å². The van der Waals surface area contributed by atoms with E-state index in [4.69, 9.17) is 5.11 Å². The van der Waals surface area contributed by atoms with Crippen molar-refractivity contribution in [2.45, 2.75) is 39.7 Å². The number of aryl methyl sites for hydroxylation is 2. The van der Waals surface area contributed by atoms with Gasteiger partial charge in [0, 0.05) is 18.2 Å². The Morgan fingerprint density at radius 2 is 1.75 bits per heavy atom. The van der Waals surface area contributed by atoms with Gasteiger partial charge in [-0.15, -0.1) is 0 Å². The van der Waals surface area contributed by atoms with Gasteiger partial charge < -0.3 is 10.0 Å². The molecule has 1 aromatic carbocycles. The van der Waals surface area contributed by atoms with Crippen LogP contribution in [0.1, 0.15) is 41.3 Å². The van der Waals surface area contributed by atoms with E-state index in [1.54, 1.807) is 4.90 Å². The van der Waals surface area contributed by atoms with Gasteiger partial charge in [0.1, 0.15) is 0 Å². The van der Waals surface area contributed by atoms with Crippen molar-refractivity contribution in [3.05, 3.63) is 34.9 Å². The highest BCUT2D eigenvalue weighted by Crippen LogP contribution is 2.24. The zero-order chi connectivity index (χ0) is 14.9. The van der Waals surface area contributed by atoms with Crippen LogP contribution < -0.4 is 0 Å². The van der Waals surface area contributed by atoms with E-state index in [1.807, 2.05) is 39.0 Å². The Kier molecular flexibility index (Phi) is 4.12. The molecule has 1 aliphatic rings. The predicted octanol–water partition coefficient (Wildman–Crippen LogP) is 2.63. The first kappa shape index (κ1) is 14.6. The molecule has 1 aromatic rings. The molecule has 2 rings (SSSR count). The summed E-state index contributed by atoms with van der Waals surface area (Å²) in [6.45, 7) is 6.22. The summed E-state index contributed by atoms with van der Waals surface area (Å²) in [5, 5.41) is 9.14. The summed E-state index contributed by atoms with van der Waals surface area (Å²) in [5.41, 5.74) is 2.75. The molecule has 1 amide bonds. The fraction of sp³-hybridized carbons (Fsp3) is 0.500. The largest absolute Gasteiger partial charge is 0.481 e. The molecular weight excluding hydrogens is 254 g/mol. The summed E-state index contributed by atoms with van der Waals surface area (Å²) in [6.07, 6.45) is 1.39. The third-order valence-corrected chi connectivity index (χ3v) is 3.96. The Balaban J connectivity index is 2.24. The van der Waals surface area contributed by atoms with Crippen LogP contribution in [0.2, 0.25) is 0 Å². The molecule has 108 valence electrons. The molecule has 0 radical (unpaired) electrons. The fourth-order valence-electron chi connectivity index (χ4n) is 2.86. The molecule has 1 saturated heterocycles. The number of benzene rings is 1. The highest BCUT2D eigenvalue weighted by Gasteiger charge is 2.32. The smallest absolute Gasteiger partial charge is 0.308 e. The molecule has 2 atom stereocenters. The molecule has 1 heterocycles. The van der Waals surface area contributed by atoms with Crippen LogP contribution in [0.3, 0.4) is 0 Å². The Hall–Kier alpha value is -1.84. The maximum absolute atomic E-state index is 12.6. The van der Waals surface area contributed by atoms with Gasteiger partial charge in [-0.05, 0) is 45.7 Å². The Bertz CT molecular complexity index is 518. The number of piperidine rings is 1. The summed E-state index contributed by atoms with van der Waals surface area (Å²) in [6, 6.07) is 5.86. The van der Waals surface area contributed by atoms with E-state index >= 15 is 0 Å². The molecule has 20 heavy (non-hydrogen) atoms. The third kappa shape index (κ3) is 3.00. The van der Waals surface area contributed by atoms with Crippen LogP contribution in [0.4, 0.5) is 0 Å². The van der Waals surface area contributed by atoms with E-state index in [9.17, 15) is 9.59 Å². The van der Waals surface area contributed by atoms with Crippen molar-refractivity contribution in [2.75, 3.05) is 6.54 Å². The van der Waals surface area contributed by atoms with Crippen LogP contribution in [0, 0.1) is 19.8 Å². The second-order valence-corrected chi connectivity index (χ2v) is 5.80. The summed E-state index contributed by atoms with van der Waals surface area (Å²) in [4.78, 5) is 25.5. The van der Waals surface area contributed by atoms with Crippen LogP contribution >= 0.6 is 0 Å². The lowest BCUT2D eigenvalue weighted by Crippen LogP contribution is -2.47. The van der Waals surface area contributed by atoms with Gasteiger partial charge in [0.05, 0.1) is 5.92 Å². The van der Waals surface area contributed by atoms with E-state index in [0.29, 0.717) is 18.5 Å². The van der Waals surface area contributed by atoms with Gasteiger partial charge in [0.2, 0.25) is 0 Å². The van der Waals surface area contributed by atoms with Crippen LogP contribution in [0.15, 0.2) is 18.2 Å². The number of hydrogen-bond acceptors (Lipinski definition) is 2. The maximum atomic E-state index is 12.6. The standard InChI is InChI=1S/C16H21NO3/c1-10-6-11(2)8-14(7-10)15(18)17-9-13(16(19)20)5-4-12(17)3/h6-8,12-13H,4-5,9H2,1-3H3,(H,19,20). The number of carboxylic acid groups (broad SMARTS) is 1. The zero-order valence-corrected chi connectivity index (χ0v) is 12.2. The molecule has 0 aliphatic carbocycles. The van der Waals surface area contributed by atoms with Crippen molar-refractivity contribution in [2.24, 2.45) is 5.92 Å². The minimum atomic E-state index is -0.810. The lowest BCUT2D eigenvalue weighted by Gasteiger charge is -2.36. The lowest BCUT2D eigenvalue weighted by atomic mass is 9.92. The van der Waals surface area contributed by atoms with Crippen LogP contribution in [-0.4, -0.2) is 34.5 Å². The molecular formula is C16H21NO3. The summed E-state index contributed by atoms with van der Waals surface area (Å²) in [5.74, 6) is -1.31. The number of amides is 1. The first-order chi connectivity index (χ1) is 9.38. The normalized spacial score (nSPS) is 22.6. The van der Waals surface area contributed by atoms with E-state index in [0.717, 1.165) is 17.5 Å². The maximum Gasteiger partial charge on any atom is 0.308 e. The van der Waals surface area contributed by atoms with Crippen molar-refractivity contribution in [1.82, 2.24) is 4.90 Å². The molecule has 0 spiro atoms. The number of hydrogen-bond donors (Lipinski definition) is 1. The van der Waals surface area contributed by atoms with Gasteiger partial charge in [0.15, 0.2) is 0 Å². The average molecular weight is 275 g/mol. The molecule has 0 aromatic heterocycles. The summed E-state index contributed by atoms with van der Waals surface area (Å²) < 4.78 is 0. The summed E-state index contributed by atoms with van der Waals surface area (Å²) in [7, 11) is 0. The number of rotatable bonds is 2. The van der Waals surface area contributed by atoms with Gasteiger partial charge in [0.25, 0.3) is 5.91 Å². The van der Waals surface area contributed by atoms with Crippen LogP contribution in [0.25, 0.3) is 0 Å². The number of carboxylic acids is 1. The molecule has 4 nitrogen and oxygen atoms in total. The van der Waals surface area contributed by atoms with Gasteiger partial charge in [-0.25, -0.2) is 0 Å². The SMILES string of the molecule is Cc1cc(C)cc(C(=O)N2CC(C(=O)O)CCC2C)c1. The quantitative estimate of drug-likeness (QED) is 0.902. The molecule has 2 unspecified atom stereocenters. The Morgan fingerprint density at radius 1 is 1.15 bits per heavy atom. The van der Waals surface area contributed by atoms with Crippen molar-refractivity contribution in [3.8, 4) is 0 Å². The van der Waals surface area contributed by atoms with Gasteiger partial charge in [-0.3, -0.25) is 9.59 Å². The molecule has 0 saturated carbocycles. The Labute approximate surface area is 119 Å². The van der Waals surface area contributed by atoms with Crippen molar-refractivity contribution in [3.63, 3.8) is 0 Å². The van der Waals surface area contributed by atoms with Crippen LogP contribution in [0.5, 0.6) is 0 Å². The fourth-order valence-corrected chi connectivity index (χ4v) is 2.86. The first-order valence-corrected chi connectivity index (χ1v) is 7.00. The number of nitrogens with zero attached hydrogens (tertiary/aromatic N) is 1. The van der Waals surface area contributed by atoms with Crippen molar-refractivity contribution < 1.29 is 14.7 Å². The topological polar surface area (TPSA) is 57.6 Å². The van der Waals surface area contributed by atoms with Gasteiger partial charge in [-0.1, -0.05) is 17.2 Å². The average Bonchev–Trinajstić information content (AvgIpc) is 2.37. The zero-order valence-electron chi connectivity index (χ0n) is 12.2. The van der Waals surface area contributed by atoms with E-state index in [-0.39, 0.29) is 11.9 Å². The molecule has 0 bridgehead atoms. The van der Waals surface area contributed by atoms with Gasteiger partial charge >= 0.3 is 5.97 Å². The number of aliphatic carboxylic acids is 1. The number of carbonyl (C=O) groups is 2. The van der Waals surface area contributed by atoms with Crippen molar-refractivity contribution in [1.29, 1.82) is 0 Å². The molecule has 4 heteroatoms. The molecule has 1 fully saturated rings. The second kappa shape index (κ2) is 5.65. The second-order valence-electron chi connectivity index (χ2n) is 5.80. The Morgan fingerprint density at radius 3 is 2.30 bits per heavy atom. The molecule has 1 aliphatic heterocycles. The monoisotopic (exact) mass is 275 g/mol. The minimum Gasteiger partial charge on any atom is -0.481 e. The molecule has 1 N–H and O–H groups in total. The highest BCUT2D eigenvalue weighted by molar-refractivity contribution is 5.95. The predicted molar refractivity (Wildman–Crippen MR) is 76.8 cm³/mol. The van der Waals surface area contributed by atoms with Gasteiger partial charge in [-0.2, -0.15) is 0 Å². The lowest BCUT2D eigenvalue weighted by molar-refractivity contribution is -0.143. The highest BCUT2D eigenvalue weighted by atomic mass is 16.4. The van der Waals surface area contributed by atoms with E-state index in [2.05, 4.69) is 0 Å². The summed E-state index contributed by atoms with van der Waals surface area (Å²) >= 11 is 0.